The van der Waals surface area contributed by atoms with Gasteiger partial charge in [-0.05, 0) is 62.1 Å². The summed E-state index contributed by atoms with van der Waals surface area (Å²) in [5.41, 5.74) is 0.243. The van der Waals surface area contributed by atoms with E-state index in [-0.39, 0.29) is 12.4 Å². The summed E-state index contributed by atoms with van der Waals surface area (Å²) < 4.78 is 27.7. The van der Waals surface area contributed by atoms with Gasteiger partial charge in [-0.1, -0.05) is 31.2 Å². The van der Waals surface area contributed by atoms with Crippen LogP contribution >= 0.6 is 0 Å². The predicted molar refractivity (Wildman–Crippen MR) is 134 cm³/mol. The zero-order valence-electron chi connectivity index (χ0n) is 20.5. The Balaban J connectivity index is 1.23. The molecule has 35 heavy (non-hydrogen) atoms. The molecule has 1 unspecified atom stereocenters. The van der Waals surface area contributed by atoms with Crippen LogP contribution in [0.2, 0.25) is 0 Å². The van der Waals surface area contributed by atoms with Crippen molar-refractivity contribution in [2.24, 2.45) is 0 Å². The second kappa shape index (κ2) is 12.2. The van der Waals surface area contributed by atoms with Crippen molar-refractivity contribution in [2.45, 2.75) is 57.7 Å². The van der Waals surface area contributed by atoms with Gasteiger partial charge < -0.3 is 19.1 Å². The predicted octanol–water partition coefficient (Wildman–Crippen LogP) is 4.85. The molecule has 1 aromatic heterocycles. The molecular weight excluding hydrogens is 445 g/mol. The molecule has 0 amide bonds. The third-order valence-corrected chi connectivity index (χ3v) is 6.58. The summed E-state index contributed by atoms with van der Waals surface area (Å²) in [6.07, 6.45) is 7.82. The van der Waals surface area contributed by atoms with Crippen LogP contribution in [0.1, 0.15) is 44.0 Å². The van der Waals surface area contributed by atoms with E-state index in [4.69, 9.17) is 9.47 Å². The van der Waals surface area contributed by atoms with E-state index < -0.39 is 11.4 Å². The van der Waals surface area contributed by atoms with Crippen molar-refractivity contribution in [3.63, 3.8) is 0 Å². The Hall–Kier alpha value is -2.90. The lowest BCUT2D eigenvalue weighted by Crippen LogP contribution is -2.37. The number of aryl methyl sites for hydroxylation is 2. The molecule has 2 heterocycles. The van der Waals surface area contributed by atoms with E-state index in [0.717, 1.165) is 57.0 Å². The molecule has 3 aromatic rings. The molecule has 1 aliphatic rings. The Morgan fingerprint density at radius 1 is 1.09 bits per heavy atom. The zero-order chi connectivity index (χ0) is 24.5. The average molecular weight is 482 g/mol. The normalized spacial score (nSPS) is 18.8. The van der Waals surface area contributed by atoms with E-state index >= 15 is 0 Å². The molecule has 7 heteroatoms. The van der Waals surface area contributed by atoms with Crippen LogP contribution in [0.5, 0.6) is 11.5 Å². The molecule has 1 saturated heterocycles. The third-order valence-electron chi connectivity index (χ3n) is 6.58. The van der Waals surface area contributed by atoms with Crippen LogP contribution in [0.15, 0.2) is 60.9 Å². The quantitative estimate of drug-likeness (QED) is 0.397. The number of imidazole rings is 1. The van der Waals surface area contributed by atoms with E-state index in [1.165, 1.54) is 11.6 Å². The summed E-state index contributed by atoms with van der Waals surface area (Å²) in [7, 11) is 0. The molecular formula is C28H36FN3O3. The molecule has 188 valence electrons. The van der Waals surface area contributed by atoms with E-state index in [0.29, 0.717) is 19.4 Å². The molecule has 4 rings (SSSR count). The molecule has 1 atom stereocenters. The minimum Gasteiger partial charge on any atom is -0.494 e. The molecule has 2 aromatic carbocycles. The number of rotatable bonds is 11. The highest BCUT2D eigenvalue weighted by atomic mass is 19.1. The van der Waals surface area contributed by atoms with Gasteiger partial charge in [-0.15, -0.1) is 0 Å². The van der Waals surface area contributed by atoms with Gasteiger partial charge in [0.1, 0.15) is 18.2 Å². The van der Waals surface area contributed by atoms with Crippen molar-refractivity contribution in [3.8, 4) is 11.5 Å². The van der Waals surface area contributed by atoms with E-state index in [2.05, 4.69) is 33.5 Å². The van der Waals surface area contributed by atoms with Crippen LogP contribution in [0.25, 0.3) is 0 Å². The first-order chi connectivity index (χ1) is 17.0. The van der Waals surface area contributed by atoms with Crippen molar-refractivity contribution in [1.29, 1.82) is 0 Å². The van der Waals surface area contributed by atoms with Gasteiger partial charge in [0.25, 0.3) is 0 Å². The summed E-state index contributed by atoms with van der Waals surface area (Å²) in [5, 5.41) is 11.1. The second-order valence-electron chi connectivity index (χ2n) is 9.31. The number of ether oxygens (including phenoxy) is 2. The summed E-state index contributed by atoms with van der Waals surface area (Å²) in [6.45, 7) is 6.24. The Bertz CT molecular complexity index is 1070. The topological polar surface area (TPSA) is 59.8 Å². The average Bonchev–Trinajstić information content (AvgIpc) is 3.24. The number of aliphatic hydroxyl groups is 1. The highest BCUT2D eigenvalue weighted by molar-refractivity contribution is 5.28. The number of aromatic nitrogens is 2. The number of nitrogens with zero attached hydrogens (tertiary/aromatic N) is 3. The maximum atomic E-state index is 13.9. The van der Waals surface area contributed by atoms with Gasteiger partial charge in [0.05, 0.1) is 12.2 Å². The highest BCUT2D eigenvalue weighted by Gasteiger charge is 2.31. The molecule has 0 bridgehead atoms. The number of likely N-dealkylation sites (tertiary alicyclic amines) is 1. The second-order valence-corrected chi connectivity index (χ2v) is 9.31. The van der Waals surface area contributed by atoms with Crippen LogP contribution in [0.3, 0.4) is 0 Å². The minimum atomic E-state index is -0.950. The van der Waals surface area contributed by atoms with E-state index in [9.17, 15) is 9.50 Å². The van der Waals surface area contributed by atoms with Gasteiger partial charge in [-0.2, -0.15) is 0 Å². The molecule has 0 saturated carbocycles. The van der Waals surface area contributed by atoms with Crippen molar-refractivity contribution in [1.82, 2.24) is 14.5 Å². The summed E-state index contributed by atoms with van der Waals surface area (Å²) in [4.78, 5) is 6.71. The van der Waals surface area contributed by atoms with E-state index in [1.807, 2.05) is 24.5 Å². The van der Waals surface area contributed by atoms with Gasteiger partial charge in [-0.25, -0.2) is 9.37 Å². The van der Waals surface area contributed by atoms with Crippen molar-refractivity contribution in [2.75, 3.05) is 26.3 Å². The smallest absolute Gasteiger partial charge is 0.165 e. The molecule has 6 nitrogen and oxygen atoms in total. The lowest BCUT2D eigenvalue weighted by Gasteiger charge is -2.27. The van der Waals surface area contributed by atoms with Gasteiger partial charge >= 0.3 is 0 Å². The molecule has 0 spiro atoms. The summed E-state index contributed by atoms with van der Waals surface area (Å²) in [6, 6.07) is 14.6. The minimum absolute atomic E-state index is 0.101. The monoisotopic (exact) mass is 481 g/mol. The number of hydrogen-bond donors (Lipinski definition) is 1. The van der Waals surface area contributed by atoms with Crippen LogP contribution in [0, 0.1) is 5.82 Å². The molecule has 1 fully saturated rings. The summed E-state index contributed by atoms with van der Waals surface area (Å²) >= 11 is 0. The first-order valence-corrected chi connectivity index (χ1v) is 12.6. The number of halogens is 1. The molecule has 1 aliphatic heterocycles. The lowest BCUT2D eigenvalue weighted by molar-refractivity contribution is -0.0177. The fraction of sp³-hybridized carbons (Fsp3) is 0.464. The molecule has 0 aliphatic carbocycles. The highest BCUT2D eigenvalue weighted by Crippen LogP contribution is 2.26. The van der Waals surface area contributed by atoms with Gasteiger partial charge in [0.2, 0.25) is 0 Å². The Morgan fingerprint density at radius 2 is 1.97 bits per heavy atom. The van der Waals surface area contributed by atoms with Gasteiger partial charge in [0.15, 0.2) is 11.6 Å². The van der Waals surface area contributed by atoms with Crippen LogP contribution in [0.4, 0.5) is 4.39 Å². The fourth-order valence-electron chi connectivity index (χ4n) is 4.59. The number of hydrogen-bond acceptors (Lipinski definition) is 5. The van der Waals surface area contributed by atoms with Crippen molar-refractivity contribution < 1.29 is 19.0 Å². The Morgan fingerprint density at radius 3 is 2.83 bits per heavy atom. The molecule has 0 radical (unpaired) electrons. The maximum Gasteiger partial charge on any atom is 0.165 e. The first-order valence-electron chi connectivity index (χ1n) is 12.6. The third kappa shape index (κ3) is 7.29. The number of benzene rings is 2. The Labute approximate surface area is 207 Å². The Kier molecular flexibility index (Phi) is 8.77. The van der Waals surface area contributed by atoms with Crippen molar-refractivity contribution >= 4 is 0 Å². The van der Waals surface area contributed by atoms with Crippen LogP contribution in [-0.4, -0.2) is 51.5 Å². The fourth-order valence-corrected chi connectivity index (χ4v) is 4.59. The van der Waals surface area contributed by atoms with Crippen LogP contribution in [-0.2, 0) is 19.5 Å². The molecule has 1 N–H and O–H groups in total. The van der Waals surface area contributed by atoms with Crippen LogP contribution < -0.4 is 9.47 Å². The maximum absolute atomic E-state index is 13.9. The SMILES string of the molecule is CCc1nccn1CCCOc1cccc(CN2CCCC(O)(COc3ccccc3F)CC2)c1. The first kappa shape index (κ1) is 25.2. The standard InChI is InChI=1S/C28H36FN3O3/c1-2-27-30-14-18-32(27)16-7-19-34-24-9-5-8-23(20-24)21-31-15-6-12-28(33,13-17-31)22-35-26-11-4-3-10-25(26)29/h3-5,8-11,14,18,20,33H,2,6-7,12-13,15-17,19,21-22H2,1H3. The largest absolute Gasteiger partial charge is 0.494 e. The summed E-state index contributed by atoms with van der Waals surface area (Å²) in [5.74, 6) is 1.78. The number of para-hydroxylation sites is 1. The van der Waals surface area contributed by atoms with Crippen molar-refractivity contribution in [3.05, 3.63) is 78.1 Å². The lowest BCUT2D eigenvalue weighted by atomic mass is 9.96. The van der Waals surface area contributed by atoms with Gasteiger partial charge in [-0.3, -0.25) is 4.90 Å². The van der Waals surface area contributed by atoms with Gasteiger partial charge in [0, 0.05) is 38.4 Å². The van der Waals surface area contributed by atoms with E-state index in [1.54, 1.807) is 18.2 Å². The zero-order valence-corrected chi connectivity index (χ0v) is 20.5.